The van der Waals surface area contributed by atoms with Crippen LogP contribution < -0.4 is 4.74 Å². The SMILES string of the molecule is CCOC(=O)C1CCC(CCO)(c2cccc(OCc3ccccc3)c2)CC1. The molecular weight excluding hydrogens is 352 g/mol. The standard InChI is InChI=1S/C24H30O4/c1-2-27-23(26)20-11-13-24(14-12-20,15-16-25)21-9-6-10-22(17-21)28-18-19-7-4-3-5-8-19/h3-10,17,20,25H,2,11-16,18H2,1H3. The highest BCUT2D eigenvalue weighted by molar-refractivity contribution is 5.72. The summed E-state index contributed by atoms with van der Waals surface area (Å²) in [5.41, 5.74) is 2.21. The number of rotatable bonds is 8. The fraction of sp³-hybridized carbons (Fsp3) is 0.458. The van der Waals surface area contributed by atoms with Crippen LogP contribution >= 0.6 is 0 Å². The molecule has 0 radical (unpaired) electrons. The third-order valence-corrected chi connectivity index (χ3v) is 5.85. The predicted octanol–water partition coefficient (Wildman–Crippen LogP) is 4.64. The highest BCUT2D eigenvalue weighted by Gasteiger charge is 2.39. The smallest absolute Gasteiger partial charge is 0.308 e. The van der Waals surface area contributed by atoms with E-state index in [4.69, 9.17) is 9.47 Å². The van der Waals surface area contributed by atoms with Gasteiger partial charge in [0.2, 0.25) is 0 Å². The Morgan fingerprint density at radius 3 is 2.54 bits per heavy atom. The number of ether oxygens (including phenoxy) is 2. The van der Waals surface area contributed by atoms with Crippen molar-refractivity contribution in [3.05, 3.63) is 65.7 Å². The zero-order chi connectivity index (χ0) is 19.8. The molecule has 28 heavy (non-hydrogen) atoms. The first-order valence-electron chi connectivity index (χ1n) is 10.2. The van der Waals surface area contributed by atoms with Gasteiger partial charge in [-0.25, -0.2) is 0 Å². The van der Waals surface area contributed by atoms with Crippen molar-refractivity contribution in [2.45, 2.75) is 51.0 Å². The lowest BCUT2D eigenvalue weighted by atomic mass is 9.65. The van der Waals surface area contributed by atoms with Gasteiger partial charge in [0.25, 0.3) is 0 Å². The summed E-state index contributed by atoms with van der Waals surface area (Å²) in [5, 5.41) is 9.70. The second kappa shape index (κ2) is 9.74. The molecule has 1 fully saturated rings. The molecule has 3 rings (SSSR count). The third-order valence-electron chi connectivity index (χ3n) is 5.85. The van der Waals surface area contributed by atoms with Crippen molar-refractivity contribution in [1.82, 2.24) is 0 Å². The molecule has 1 aliphatic carbocycles. The van der Waals surface area contributed by atoms with Crippen molar-refractivity contribution in [2.24, 2.45) is 5.92 Å². The van der Waals surface area contributed by atoms with E-state index in [1.807, 2.05) is 49.4 Å². The summed E-state index contributed by atoms with van der Waals surface area (Å²) in [6.45, 7) is 2.94. The lowest BCUT2D eigenvalue weighted by Gasteiger charge is -2.40. The molecule has 4 heteroatoms. The highest BCUT2D eigenvalue weighted by Crippen LogP contribution is 2.45. The minimum atomic E-state index is -0.107. The van der Waals surface area contributed by atoms with Gasteiger partial charge in [0.1, 0.15) is 12.4 Å². The molecule has 0 spiro atoms. The molecule has 150 valence electrons. The van der Waals surface area contributed by atoms with Crippen LogP contribution in [0.25, 0.3) is 0 Å². The molecule has 0 bridgehead atoms. The topological polar surface area (TPSA) is 55.8 Å². The molecule has 0 heterocycles. The lowest BCUT2D eigenvalue weighted by molar-refractivity contribution is -0.149. The molecular formula is C24H30O4. The van der Waals surface area contributed by atoms with Gasteiger partial charge in [-0.1, -0.05) is 42.5 Å². The summed E-state index contributed by atoms with van der Waals surface area (Å²) in [5.74, 6) is 0.732. The number of esters is 1. The van der Waals surface area contributed by atoms with E-state index in [0.29, 0.717) is 19.6 Å². The summed E-state index contributed by atoms with van der Waals surface area (Å²) in [6.07, 6.45) is 4.05. The van der Waals surface area contributed by atoms with Crippen LogP contribution in [0.1, 0.15) is 50.2 Å². The maximum Gasteiger partial charge on any atom is 0.308 e. The zero-order valence-electron chi connectivity index (χ0n) is 16.6. The summed E-state index contributed by atoms with van der Waals surface area (Å²) in [7, 11) is 0. The number of benzene rings is 2. The Morgan fingerprint density at radius 2 is 1.86 bits per heavy atom. The van der Waals surface area contributed by atoms with E-state index >= 15 is 0 Å². The quantitative estimate of drug-likeness (QED) is 0.676. The molecule has 1 aliphatic rings. The van der Waals surface area contributed by atoms with Crippen molar-refractivity contribution >= 4 is 5.97 Å². The van der Waals surface area contributed by atoms with E-state index < -0.39 is 0 Å². The van der Waals surface area contributed by atoms with Crippen LogP contribution in [0.5, 0.6) is 5.75 Å². The van der Waals surface area contributed by atoms with Gasteiger partial charge < -0.3 is 14.6 Å². The normalized spacial score (nSPS) is 21.9. The Morgan fingerprint density at radius 1 is 1.11 bits per heavy atom. The van der Waals surface area contributed by atoms with Crippen LogP contribution in [0.2, 0.25) is 0 Å². The first-order chi connectivity index (χ1) is 13.7. The Balaban J connectivity index is 1.71. The fourth-order valence-electron chi connectivity index (χ4n) is 4.22. The second-order valence-electron chi connectivity index (χ2n) is 7.58. The maximum absolute atomic E-state index is 12.1. The molecule has 0 atom stereocenters. The van der Waals surface area contributed by atoms with E-state index in [-0.39, 0.29) is 23.9 Å². The molecule has 0 aliphatic heterocycles. The molecule has 2 aromatic carbocycles. The first-order valence-corrected chi connectivity index (χ1v) is 10.2. The van der Waals surface area contributed by atoms with Crippen molar-refractivity contribution < 1.29 is 19.4 Å². The van der Waals surface area contributed by atoms with E-state index in [1.54, 1.807) is 0 Å². The summed E-state index contributed by atoms with van der Waals surface area (Å²) >= 11 is 0. The number of carbonyl (C=O) groups is 1. The molecule has 0 saturated heterocycles. The Bertz CT molecular complexity index is 748. The Kier molecular flexibility index (Phi) is 7.10. The van der Waals surface area contributed by atoms with Crippen LogP contribution in [0.15, 0.2) is 54.6 Å². The molecule has 0 unspecified atom stereocenters. The second-order valence-corrected chi connectivity index (χ2v) is 7.58. The molecule has 0 aromatic heterocycles. The Labute approximate surface area is 167 Å². The third kappa shape index (κ3) is 4.93. The Hall–Kier alpha value is -2.33. The summed E-state index contributed by atoms with van der Waals surface area (Å²) < 4.78 is 11.2. The van der Waals surface area contributed by atoms with Crippen molar-refractivity contribution in [2.75, 3.05) is 13.2 Å². The van der Waals surface area contributed by atoms with Crippen LogP contribution in [0.4, 0.5) is 0 Å². The average Bonchev–Trinajstić information content (AvgIpc) is 2.74. The molecule has 4 nitrogen and oxygen atoms in total. The monoisotopic (exact) mass is 382 g/mol. The van der Waals surface area contributed by atoms with E-state index in [9.17, 15) is 9.90 Å². The van der Waals surface area contributed by atoms with Gasteiger partial charge in [-0.3, -0.25) is 4.79 Å². The fourth-order valence-corrected chi connectivity index (χ4v) is 4.22. The number of hydrogen-bond donors (Lipinski definition) is 1. The van der Waals surface area contributed by atoms with E-state index in [2.05, 4.69) is 12.1 Å². The van der Waals surface area contributed by atoms with Crippen LogP contribution in [-0.4, -0.2) is 24.3 Å². The first kappa shape index (κ1) is 20.4. The van der Waals surface area contributed by atoms with Crippen molar-refractivity contribution in [3.63, 3.8) is 0 Å². The molecule has 2 aromatic rings. The van der Waals surface area contributed by atoms with Crippen molar-refractivity contribution in [1.29, 1.82) is 0 Å². The van der Waals surface area contributed by atoms with Crippen molar-refractivity contribution in [3.8, 4) is 5.75 Å². The predicted molar refractivity (Wildman–Crippen MR) is 109 cm³/mol. The molecule has 1 saturated carbocycles. The van der Waals surface area contributed by atoms with Crippen LogP contribution in [-0.2, 0) is 21.6 Å². The number of hydrogen-bond acceptors (Lipinski definition) is 4. The summed E-state index contributed by atoms with van der Waals surface area (Å²) in [4.78, 5) is 12.1. The van der Waals surface area contributed by atoms with E-state index in [1.165, 1.54) is 5.56 Å². The maximum atomic E-state index is 12.1. The van der Waals surface area contributed by atoms with Crippen LogP contribution in [0, 0.1) is 5.92 Å². The summed E-state index contributed by atoms with van der Waals surface area (Å²) in [6, 6.07) is 18.3. The van der Waals surface area contributed by atoms with Gasteiger partial charge in [-0.2, -0.15) is 0 Å². The highest BCUT2D eigenvalue weighted by atomic mass is 16.5. The minimum Gasteiger partial charge on any atom is -0.489 e. The van der Waals surface area contributed by atoms with Gasteiger partial charge in [0.15, 0.2) is 0 Å². The van der Waals surface area contributed by atoms with E-state index in [0.717, 1.165) is 37.0 Å². The minimum absolute atomic E-state index is 0.0238. The number of aliphatic hydroxyl groups is 1. The largest absolute Gasteiger partial charge is 0.489 e. The molecule has 1 N–H and O–H groups in total. The lowest BCUT2D eigenvalue weighted by Crippen LogP contribution is -2.35. The van der Waals surface area contributed by atoms with Crippen LogP contribution in [0.3, 0.4) is 0 Å². The average molecular weight is 383 g/mol. The van der Waals surface area contributed by atoms with Gasteiger partial charge in [-0.05, 0) is 67.7 Å². The zero-order valence-corrected chi connectivity index (χ0v) is 16.6. The van der Waals surface area contributed by atoms with Gasteiger partial charge in [0, 0.05) is 6.61 Å². The van der Waals surface area contributed by atoms with Gasteiger partial charge >= 0.3 is 5.97 Å². The van der Waals surface area contributed by atoms with Gasteiger partial charge in [-0.15, -0.1) is 0 Å². The number of carbonyl (C=O) groups excluding carboxylic acids is 1. The number of aliphatic hydroxyl groups excluding tert-OH is 1. The molecule has 0 amide bonds. The van der Waals surface area contributed by atoms with Gasteiger partial charge in [0.05, 0.1) is 12.5 Å².